The van der Waals surface area contributed by atoms with Gasteiger partial charge in [-0.15, -0.1) is 0 Å². The van der Waals surface area contributed by atoms with Crippen molar-refractivity contribution in [3.63, 3.8) is 0 Å². The molecule has 6 N–H and O–H groups in total. The topological polar surface area (TPSA) is 161 Å². The van der Waals surface area contributed by atoms with Gasteiger partial charge >= 0.3 is 0 Å². The fraction of sp³-hybridized carbons (Fsp3) is 0.400. The molecule has 1 amide bonds. The number of aliphatic hydroxyl groups is 5. The van der Waals surface area contributed by atoms with E-state index < -0.39 is 42.5 Å². The van der Waals surface area contributed by atoms with Crippen LogP contribution >= 0.6 is 11.6 Å². The lowest BCUT2D eigenvalue weighted by atomic mass is 9.95. The Morgan fingerprint density at radius 2 is 1.67 bits per heavy atom. The van der Waals surface area contributed by atoms with Crippen LogP contribution in [0.4, 0.5) is 0 Å². The van der Waals surface area contributed by atoms with Crippen LogP contribution in [0.1, 0.15) is 65.2 Å². The first kappa shape index (κ1) is 38.4. The summed E-state index contributed by atoms with van der Waals surface area (Å²) in [5, 5.41) is 51.3. The van der Waals surface area contributed by atoms with Gasteiger partial charge in [0.05, 0.1) is 31.0 Å². The van der Waals surface area contributed by atoms with Crippen LogP contribution in [0.5, 0.6) is 5.75 Å². The maximum Gasteiger partial charge on any atom is 0.251 e. The second-order valence-corrected chi connectivity index (χ2v) is 13.7. The Kier molecular flexibility index (Phi) is 13.2. The van der Waals surface area contributed by atoms with Crippen molar-refractivity contribution < 1.29 is 39.8 Å². The van der Waals surface area contributed by atoms with Crippen LogP contribution < -0.4 is 10.1 Å². The summed E-state index contributed by atoms with van der Waals surface area (Å²) in [6, 6.07) is 21.1. The number of carbonyl (C=O) groups is 1. The smallest absolute Gasteiger partial charge is 0.251 e. The molecule has 0 aliphatic heterocycles. The largest absolute Gasteiger partial charge is 0.490 e. The Balaban J connectivity index is 1.18. The molecule has 0 saturated heterocycles. The summed E-state index contributed by atoms with van der Waals surface area (Å²) in [7, 11) is 0. The third-order valence-corrected chi connectivity index (χ3v) is 9.83. The number of para-hydroxylation sites is 1. The highest BCUT2D eigenvalue weighted by atomic mass is 35.5. The van der Waals surface area contributed by atoms with Crippen LogP contribution in [0.2, 0.25) is 5.02 Å². The fourth-order valence-electron chi connectivity index (χ4n) is 5.89. The molecule has 272 valence electrons. The molecule has 0 spiro atoms. The van der Waals surface area contributed by atoms with Crippen LogP contribution in [0.15, 0.2) is 89.6 Å². The molecule has 51 heavy (non-hydrogen) atoms. The Morgan fingerprint density at radius 1 is 1.00 bits per heavy atom. The van der Waals surface area contributed by atoms with Crippen LogP contribution in [0.3, 0.4) is 0 Å². The number of ether oxygens (including phenoxy) is 2. The maximum absolute atomic E-state index is 12.6. The van der Waals surface area contributed by atoms with Gasteiger partial charge in [-0.2, -0.15) is 0 Å². The third kappa shape index (κ3) is 10.1. The Labute approximate surface area is 303 Å². The van der Waals surface area contributed by atoms with Crippen LogP contribution in [-0.4, -0.2) is 87.4 Å². The number of rotatable bonds is 19. The van der Waals surface area contributed by atoms with Crippen molar-refractivity contribution in [2.45, 2.75) is 88.2 Å². The highest BCUT2D eigenvalue weighted by molar-refractivity contribution is 6.31. The Bertz CT molecular complexity index is 1720. The van der Waals surface area contributed by atoms with Crippen LogP contribution in [0, 0.1) is 0 Å². The van der Waals surface area contributed by atoms with Gasteiger partial charge in [0.15, 0.2) is 0 Å². The second-order valence-electron chi connectivity index (χ2n) is 13.3. The first-order chi connectivity index (χ1) is 24.5. The van der Waals surface area contributed by atoms with Crippen molar-refractivity contribution in [3.05, 3.63) is 117 Å². The van der Waals surface area contributed by atoms with Gasteiger partial charge < -0.3 is 40.3 Å². The molecule has 3 aromatic carbocycles. The molecule has 2 aliphatic carbocycles. The summed E-state index contributed by atoms with van der Waals surface area (Å²) in [4.78, 5) is 16.6. The zero-order valence-electron chi connectivity index (χ0n) is 28.7. The van der Waals surface area contributed by atoms with E-state index in [9.17, 15) is 25.2 Å². The lowest BCUT2D eigenvalue weighted by molar-refractivity contribution is -0.113. The molecule has 0 unspecified atom stereocenters. The van der Waals surface area contributed by atoms with Crippen molar-refractivity contribution in [3.8, 4) is 5.75 Å². The number of nitrogens with one attached hydrogen (secondary N) is 1. The number of nitrogens with zero attached hydrogens (tertiary/aromatic N) is 1. The molecule has 3 aromatic rings. The van der Waals surface area contributed by atoms with Gasteiger partial charge in [-0.3, -0.25) is 9.79 Å². The highest BCUT2D eigenvalue weighted by Crippen LogP contribution is 2.50. The molecule has 4 atom stereocenters. The van der Waals surface area contributed by atoms with E-state index in [2.05, 4.69) is 36.1 Å². The number of amides is 1. The molecular weight excluding hydrogens is 672 g/mol. The normalized spacial score (nSPS) is 18.0. The molecular formula is C40H47ClN2O8. The standard InChI is InChI=1S/C40H47ClN2O8/c1-25(31(17-20-42-2)32-5-3-4-6-36(32)51-30-14-15-30)40(18-19-40)50-24-29-21-27(11-16-33(29)41)8-7-26-9-12-28(13-10-26)39(49)43-22-34(45)37(47)38(48)35(46)23-44/h3-6,9-13,16-17,20-21,30,34-35,37-38,44-48H,2,7-8,14-15,18-19,22-24H2,1H3,(H,43,49)/b20-17-,31-25-/t34-,35+,37+,38+/m0/s1. The lowest BCUT2D eigenvalue weighted by Crippen LogP contribution is -2.49. The van der Waals surface area contributed by atoms with E-state index in [1.165, 1.54) is 0 Å². The Morgan fingerprint density at radius 3 is 2.33 bits per heavy atom. The van der Waals surface area contributed by atoms with Gasteiger partial charge in [0.25, 0.3) is 5.91 Å². The summed E-state index contributed by atoms with van der Waals surface area (Å²) >= 11 is 6.65. The number of benzene rings is 3. The number of hydrogen-bond donors (Lipinski definition) is 6. The molecule has 10 nitrogen and oxygen atoms in total. The van der Waals surface area contributed by atoms with E-state index in [0.29, 0.717) is 17.2 Å². The van der Waals surface area contributed by atoms with Gasteiger partial charge in [0.1, 0.15) is 24.1 Å². The van der Waals surface area contributed by atoms with E-state index >= 15 is 0 Å². The summed E-state index contributed by atoms with van der Waals surface area (Å²) in [6.07, 6.45) is 2.69. The molecule has 2 saturated carbocycles. The number of halogens is 1. The monoisotopic (exact) mass is 718 g/mol. The van der Waals surface area contributed by atoms with Crippen LogP contribution in [0.25, 0.3) is 5.57 Å². The summed E-state index contributed by atoms with van der Waals surface area (Å²) in [6.45, 7) is 4.96. The zero-order valence-corrected chi connectivity index (χ0v) is 29.5. The zero-order chi connectivity index (χ0) is 36.5. The van der Waals surface area contributed by atoms with Gasteiger partial charge in [-0.25, -0.2) is 0 Å². The SMILES string of the molecule is C=N/C=C\C(=C(/C)C1(OCc2cc(CCc3ccc(C(=O)NC[C@H](O)[C@@H](O)[C@H](O)[C@H](O)CO)cc3)ccc2Cl)CC1)c1ccccc1OC1CC1. The van der Waals surface area contributed by atoms with Crippen molar-refractivity contribution in [2.75, 3.05) is 13.2 Å². The maximum atomic E-state index is 12.6. The highest BCUT2D eigenvalue weighted by Gasteiger charge is 2.47. The van der Waals surface area contributed by atoms with E-state index in [1.807, 2.05) is 48.5 Å². The number of allylic oxidation sites excluding steroid dienone is 2. The predicted molar refractivity (Wildman–Crippen MR) is 197 cm³/mol. The molecule has 11 heteroatoms. The molecule has 5 rings (SSSR count). The van der Waals surface area contributed by atoms with Gasteiger partial charge in [-0.05, 0) is 110 Å². The van der Waals surface area contributed by atoms with Crippen molar-refractivity contribution in [2.24, 2.45) is 4.99 Å². The average Bonchev–Trinajstić information content (AvgIpc) is 4.10. The molecule has 0 radical (unpaired) electrons. The minimum Gasteiger partial charge on any atom is -0.490 e. The molecule has 2 aliphatic rings. The van der Waals surface area contributed by atoms with Crippen molar-refractivity contribution >= 4 is 29.8 Å². The molecule has 2 fully saturated rings. The average molecular weight is 719 g/mol. The first-order valence-corrected chi connectivity index (χ1v) is 17.6. The molecule has 0 heterocycles. The lowest BCUT2D eigenvalue weighted by Gasteiger charge is -2.25. The molecule has 0 bridgehead atoms. The fourth-order valence-corrected chi connectivity index (χ4v) is 6.06. The quantitative estimate of drug-likeness (QED) is 0.0777. The summed E-state index contributed by atoms with van der Waals surface area (Å²) in [5.74, 6) is 0.389. The van der Waals surface area contributed by atoms with E-state index in [4.69, 9.17) is 26.2 Å². The van der Waals surface area contributed by atoms with E-state index in [0.717, 1.165) is 77.7 Å². The first-order valence-electron chi connectivity index (χ1n) is 17.3. The third-order valence-electron chi connectivity index (χ3n) is 9.46. The number of carbonyl (C=O) groups excluding carboxylic acids is 1. The van der Waals surface area contributed by atoms with Crippen LogP contribution in [-0.2, 0) is 24.2 Å². The van der Waals surface area contributed by atoms with E-state index in [-0.39, 0.29) is 12.6 Å². The van der Waals surface area contributed by atoms with Gasteiger partial charge in [-0.1, -0.05) is 54.1 Å². The minimum atomic E-state index is -1.76. The number of aliphatic hydroxyl groups excluding tert-OH is 5. The van der Waals surface area contributed by atoms with Crippen molar-refractivity contribution in [1.82, 2.24) is 5.32 Å². The Hall–Kier alpha value is -3.87. The summed E-state index contributed by atoms with van der Waals surface area (Å²) < 4.78 is 12.9. The summed E-state index contributed by atoms with van der Waals surface area (Å²) in [5.41, 5.74) is 6.13. The van der Waals surface area contributed by atoms with Crippen molar-refractivity contribution in [1.29, 1.82) is 0 Å². The van der Waals surface area contributed by atoms with E-state index in [1.54, 1.807) is 18.3 Å². The number of hydrogen-bond acceptors (Lipinski definition) is 9. The predicted octanol–water partition coefficient (Wildman–Crippen LogP) is 4.57. The van der Waals surface area contributed by atoms with Gasteiger partial charge in [0.2, 0.25) is 0 Å². The van der Waals surface area contributed by atoms with Gasteiger partial charge in [0, 0.05) is 28.9 Å². The minimum absolute atomic E-state index is 0.270. The number of aryl methyl sites for hydroxylation is 2. The number of aliphatic imine (C=N–C) groups is 1. The second kappa shape index (κ2) is 17.6. The molecule has 0 aromatic heterocycles.